The zero-order valence-electron chi connectivity index (χ0n) is 10.2. The van der Waals surface area contributed by atoms with E-state index in [2.05, 4.69) is 26.6 Å². The first kappa shape index (κ1) is 15.6. The summed E-state index contributed by atoms with van der Waals surface area (Å²) >= 11 is 3.08. The Balaban J connectivity index is 2.56. The van der Waals surface area contributed by atoms with E-state index < -0.39 is 17.6 Å². The van der Waals surface area contributed by atoms with Crippen molar-refractivity contribution in [2.24, 2.45) is 5.92 Å². The third-order valence-corrected chi connectivity index (χ3v) is 2.96. The number of carbonyl (C=O) groups excluding carboxylic acids is 2. The van der Waals surface area contributed by atoms with E-state index in [1.54, 1.807) is 6.92 Å². The molecule has 0 aliphatic heterocycles. The van der Waals surface area contributed by atoms with Crippen molar-refractivity contribution in [2.45, 2.75) is 6.92 Å². The van der Waals surface area contributed by atoms with Crippen LogP contribution in [0.2, 0.25) is 0 Å². The number of benzene rings is 1. The van der Waals surface area contributed by atoms with Gasteiger partial charge in [0.05, 0.1) is 5.69 Å². The van der Waals surface area contributed by atoms with E-state index in [1.807, 2.05) is 0 Å². The van der Waals surface area contributed by atoms with E-state index in [-0.39, 0.29) is 19.1 Å². The summed E-state index contributed by atoms with van der Waals surface area (Å²) in [6, 6.07) is 3.70. The molecule has 0 fully saturated rings. The molecule has 19 heavy (non-hydrogen) atoms. The molecule has 0 saturated heterocycles. The Bertz CT molecular complexity index is 482. The van der Waals surface area contributed by atoms with Crippen LogP contribution in [0.15, 0.2) is 22.7 Å². The first-order valence-electron chi connectivity index (χ1n) is 5.59. The van der Waals surface area contributed by atoms with Gasteiger partial charge in [-0.05, 0) is 40.0 Å². The molecule has 0 aliphatic rings. The number of halogens is 2. The van der Waals surface area contributed by atoms with Crippen LogP contribution in [0.1, 0.15) is 6.92 Å². The topological polar surface area (TPSA) is 78.4 Å². The maximum absolute atomic E-state index is 12.8. The summed E-state index contributed by atoms with van der Waals surface area (Å²) in [5.74, 6) is -2.24. The highest BCUT2D eigenvalue weighted by Gasteiger charge is 2.15. The van der Waals surface area contributed by atoms with E-state index in [0.717, 1.165) is 0 Å². The number of rotatable bonds is 4. The molecule has 1 unspecified atom stereocenters. The van der Waals surface area contributed by atoms with Crippen LogP contribution < -0.4 is 10.6 Å². The minimum Gasteiger partial charge on any atom is -0.396 e. The predicted octanol–water partition coefficient (Wildman–Crippen LogP) is 1.27. The highest BCUT2D eigenvalue weighted by atomic mass is 79.9. The zero-order valence-corrected chi connectivity index (χ0v) is 11.8. The van der Waals surface area contributed by atoms with E-state index in [1.165, 1.54) is 18.2 Å². The van der Waals surface area contributed by atoms with Crippen molar-refractivity contribution in [3.8, 4) is 0 Å². The van der Waals surface area contributed by atoms with Crippen LogP contribution in [-0.2, 0) is 9.59 Å². The molecule has 0 saturated carbocycles. The average molecular weight is 333 g/mol. The van der Waals surface area contributed by atoms with Crippen molar-refractivity contribution in [3.05, 3.63) is 28.5 Å². The minimum atomic E-state index is -0.850. The SMILES string of the molecule is CC(CO)CNC(=O)C(=O)Nc1ccc(F)cc1Br. The van der Waals surface area contributed by atoms with Crippen LogP contribution in [0, 0.1) is 11.7 Å². The Labute approximate surface area is 118 Å². The van der Waals surface area contributed by atoms with Crippen LogP contribution in [0.3, 0.4) is 0 Å². The molecule has 0 spiro atoms. The van der Waals surface area contributed by atoms with Crippen LogP contribution in [0.4, 0.5) is 10.1 Å². The number of carbonyl (C=O) groups is 2. The summed E-state index contributed by atoms with van der Waals surface area (Å²) < 4.78 is 13.2. The lowest BCUT2D eigenvalue weighted by Crippen LogP contribution is -2.38. The van der Waals surface area contributed by atoms with Gasteiger partial charge in [-0.25, -0.2) is 4.39 Å². The molecule has 0 bridgehead atoms. The Kier molecular flexibility index (Phi) is 5.91. The van der Waals surface area contributed by atoms with E-state index in [9.17, 15) is 14.0 Å². The second kappa shape index (κ2) is 7.20. The quantitative estimate of drug-likeness (QED) is 0.726. The first-order chi connectivity index (χ1) is 8.93. The lowest BCUT2D eigenvalue weighted by molar-refractivity contribution is -0.136. The second-order valence-corrected chi connectivity index (χ2v) is 4.93. The van der Waals surface area contributed by atoms with Gasteiger partial charge in [0, 0.05) is 17.6 Å². The van der Waals surface area contributed by atoms with Crippen molar-refractivity contribution in [3.63, 3.8) is 0 Å². The molecule has 3 N–H and O–H groups in total. The van der Waals surface area contributed by atoms with Crippen molar-refractivity contribution >= 4 is 33.4 Å². The summed E-state index contributed by atoms with van der Waals surface area (Å²) in [5.41, 5.74) is 0.303. The summed E-state index contributed by atoms with van der Waals surface area (Å²) in [4.78, 5) is 23.0. The van der Waals surface area contributed by atoms with Gasteiger partial charge in [-0.2, -0.15) is 0 Å². The van der Waals surface area contributed by atoms with Crippen molar-refractivity contribution in [2.75, 3.05) is 18.5 Å². The van der Waals surface area contributed by atoms with Gasteiger partial charge in [-0.1, -0.05) is 6.92 Å². The van der Waals surface area contributed by atoms with Crippen molar-refractivity contribution in [1.29, 1.82) is 0 Å². The smallest absolute Gasteiger partial charge is 0.313 e. The maximum Gasteiger partial charge on any atom is 0.313 e. The van der Waals surface area contributed by atoms with Crippen LogP contribution in [0.5, 0.6) is 0 Å². The van der Waals surface area contributed by atoms with E-state index in [0.29, 0.717) is 10.2 Å². The second-order valence-electron chi connectivity index (χ2n) is 4.08. The Morgan fingerprint density at radius 2 is 2.11 bits per heavy atom. The molecular formula is C12H14BrFN2O3. The molecule has 0 radical (unpaired) electrons. The van der Waals surface area contributed by atoms with Crippen LogP contribution in [-0.4, -0.2) is 30.1 Å². The first-order valence-corrected chi connectivity index (χ1v) is 6.38. The molecule has 1 aromatic rings. The third-order valence-electron chi connectivity index (χ3n) is 2.31. The lowest BCUT2D eigenvalue weighted by Gasteiger charge is -2.10. The van der Waals surface area contributed by atoms with Crippen molar-refractivity contribution in [1.82, 2.24) is 5.32 Å². The molecular weight excluding hydrogens is 319 g/mol. The molecule has 0 heterocycles. The number of aliphatic hydroxyl groups excluding tert-OH is 1. The van der Waals surface area contributed by atoms with Crippen LogP contribution in [0.25, 0.3) is 0 Å². The maximum atomic E-state index is 12.8. The normalized spacial score (nSPS) is 11.8. The van der Waals surface area contributed by atoms with Gasteiger partial charge in [0.25, 0.3) is 0 Å². The summed E-state index contributed by atoms with van der Waals surface area (Å²) in [7, 11) is 0. The molecule has 0 aromatic heterocycles. The Morgan fingerprint density at radius 3 is 2.68 bits per heavy atom. The van der Waals surface area contributed by atoms with Crippen LogP contribution >= 0.6 is 15.9 Å². The molecule has 5 nitrogen and oxygen atoms in total. The molecule has 2 amide bonds. The number of amides is 2. The number of hydrogen-bond donors (Lipinski definition) is 3. The number of aliphatic hydroxyl groups is 1. The molecule has 1 rings (SSSR count). The minimum absolute atomic E-state index is 0.0780. The zero-order chi connectivity index (χ0) is 14.4. The highest BCUT2D eigenvalue weighted by Crippen LogP contribution is 2.22. The fourth-order valence-corrected chi connectivity index (χ4v) is 1.63. The predicted molar refractivity (Wildman–Crippen MR) is 72.0 cm³/mol. The van der Waals surface area contributed by atoms with Gasteiger partial charge in [0.15, 0.2) is 0 Å². The van der Waals surface area contributed by atoms with Gasteiger partial charge < -0.3 is 15.7 Å². The van der Waals surface area contributed by atoms with E-state index in [4.69, 9.17) is 5.11 Å². The molecule has 7 heteroatoms. The lowest BCUT2D eigenvalue weighted by atomic mass is 10.2. The largest absolute Gasteiger partial charge is 0.396 e. The average Bonchev–Trinajstić information content (AvgIpc) is 2.38. The fourth-order valence-electron chi connectivity index (χ4n) is 1.18. The van der Waals surface area contributed by atoms with E-state index >= 15 is 0 Å². The summed E-state index contributed by atoms with van der Waals surface area (Å²) in [6.45, 7) is 1.85. The molecule has 104 valence electrons. The van der Waals surface area contributed by atoms with Gasteiger partial charge in [0.1, 0.15) is 5.82 Å². The molecule has 0 aliphatic carbocycles. The number of hydrogen-bond acceptors (Lipinski definition) is 3. The van der Waals surface area contributed by atoms with Gasteiger partial charge in [0.2, 0.25) is 0 Å². The highest BCUT2D eigenvalue weighted by molar-refractivity contribution is 9.10. The molecule has 1 aromatic carbocycles. The molecule has 1 atom stereocenters. The summed E-state index contributed by atoms with van der Waals surface area (Å²) in [6.07, 6.45) is 0. The van der Waals surface area contributed by atoms with Gasteiger partial charge in [-0.15, -0.1) is 0 Å². The van der Waals surface area contributed by atoms with Crippen molar-refractivity contribution < 1.29 is 19.1 Å². The fraction of sp³-hybridized carbons (Fsp3) is 0.333. The summed E-state index contributed by atoms with van der Waals surface area (Å²) in [5, 5.41) is 13.5. The number of anilines is 1. The third kappa shape index (κ3) is 4.96. The van der Waals surface area contributed by atoms with Gasteiger partial charge >= 0.3 is 11.8 Å². The van der Waals surface area contributed by atoms with Gasteiger partial charge in [-0.3, -0.25) is 9.59 Å². The number of nitrogens with one attached hydrogen (secondary N) is 2. The standard InChI is InChI=1S/C12H14BrFN2O3/c1-7(6-17)5-15-11(18)12(19)16-10-3-2-8(14)4-9(10)13/h2-4,7,17H,5-6H2,1H3,(H,15,18)(H,16,19). The monoisotopic (exact) mass is 332 g/mol. The Morgan fingerprint density at radius 1 is 1.42 bits per heavy atom. The Hall–Kier alpha value is -1.47.